The van der Waals surface area contributed by atoms with Crippen molar-refractivity contribution in [2.75, 3.05) is 18.4 Å². The average molecular weight is 423 g/mol. The maximum atomic E-state index is 12.6. The molecule has 4 rings (SSSR count). The van der Waals surface area contributed by atoms with Gasteiger partial charge >= 0.3 is 0 Å². The molecular formula is C23H23ClN4O2. The number of hydrogen-bond donors (Lipinski definition) is 1. The summed E-state index contributed by atoms with van der Waals surface area (Å²) in [5.41, 5.74) is 2.73. The predicted octanol–water partition coefficient (Wildman–Crippen LogP) is 3.62. The molecule has 0 aliphatic carbocycles. The second-order valence-corrected chi connectivity index (χ2v) is 8.15. The maximum absolute atomic E-state index is 12.6. The molecule has 7 heteroatoms. The van der Waals surface area contributed by atoms with Gasteiger partial charge in [-0.05, 0) is 49.2 Å². The number of hydrogen-bond acceptors (Lipinski definition) is 4. The summed E-state index contributed by atoms with van der Waals surface area (Å²) in [6, 6.07) is 11.3. The lowest BCUT2D eigenvalue weighted by atomic mass is 9.85. The van der Waals surface area contributed by atoms with Crippen molar-refractivity contribution in [1.29, 1.82) is 0 Å². The van der Waals surface area contributed by atoms with E-state index in [9.17, 15) is 9.59 Å². The largest absolute Gasteiger partial charge is 0.374 e. The number of anilines is 1. The van der Waals surface area contributed by atoms with E-state index in [0.29, 0.717) is 35.4 Å². The van der Waals surface area contributed by atoms with Gasteiger partial charge in [-0.1, -0.05) is 30.3 Å². The molecule has 1 atom stereocenters. The van der Waals surface area contributed by atoms with E-state index in [1.165, 1.54) is 17.0 Å². The van der Waals surface area contributed by atoms with Crippen molar-refractivity contribution in [2.24, 2.45) is 7.05 Å². The molecule has 1 aromatic heterocycles. The zero-order valence-electron chi connectivity index (χ0n) is 17.0. The summed E-state index contributed by atoms with van der Waals surface area (Å²) in [6.07, 6.45) is 3.53. The molecule has 30 heavy (non-hydrogen) atoms. The Morgan fingerprint density at radius 1 is 1.33 bits per heavy atom. The van der Waals surface area contributed by atoms with E-state index < -0.39 is 5.54 Å². The van der Waals surface area contributed by atoms with E-state index in [2.05, 4.69) is 16.9 Å². The average Bonchev–Trinajstić information content (AvgIpc) is 3.15. The Labute approximate surface area is 179 Å². The quantitative estimate of drug-likeness (QED) is 0.652. The Morgan fingerprint density at radius 2 is 2.13 bits per heavy atom. The van der Waals surface area contributed by atoms with Crippen molar-refractivity contribution >= 4 is 34.1 Å². The van der Waals surface area contributed by atoms with Crippen LogP contribution in [-0.2, 0) is 17.4 Å². The first kappa shape index (κ1) is 20.2. The molecule has 1 amide bonds. The molecular weight excluding hydrogens is 400 g/mol. The molecule has 0 spiro atoms. The molecule has 3 aromatic rings. The van der Waals surface area contributed by atoms with Gasteiger partial charge in [-0.3, -0.25) is 9.59 Å². The van der Waals surface area contributed by atoms with E-state index in [0.717, 1.165) is 16.8 Å². The number of carbonyl (C=O) groups excluding carboxylic acids is 1. The zero-order chi connectivity index (χ0) is 21.5. The molecule has 1 aliphatic rings. The molecule has 0 bridgehead atoms. The molecule has 0 saturated carbocycles. The highest BCUT2D eigenvalue weighted by atomic mass is 35.5. The standard InChI is InChI=1S/C23H23ClN4O2/c1-4-20(29)28-11-10-23(13-28,21-15(2)6-5-7-18(21)24)26-16-8-9-19-17(12-16)22(30)27(3)14-25-19/h4-9,12,14,26H,1,10-11,13H2,2-3H3/t23-/m1/s1. The molecule has 2 heterocycles. The first-order valence-electron chi connectivity index (χ1n) is 9.75. The fraction of sp³-hybridized carbons (Fsp3) is 0.261. The third-order valence-electron chi connectivity index (χ3n) is 5.76. The smallest absolute Gasteiger partial charge is 0.260 e. The third-order valence-corrected chi connectivity index (χ3v) is 6.07. The number of aryl methyl sites for hydroxylation is 2. The van der Waals surface area contributed by atoms with E-state index in [4.69, 9.17) is 11.6 Å². The van der Waals surface area contributed by atoms with Gasteiger partial charge in [0.15, 0.2) is 0 Å². The molecule has 0 unspecified atom stereocenters. The third kappa shape index (κ3) is 3.37. The van der Waals surface area contributed by atoms with E-state index >= 15 is 0 Å². The maximum Gasteiger partial charge on any atom is 0.260 e. The number of likely N-dealkylation sites (tertiary alicyclic amines) is 1. The van der Waals surface area contributed by atoms with Gasteiger partial charge in [0.25, 0.3) is 5.56 Å². The second-order valence-electron chi connectivity index (χ2n) is 7.75. The van der Waals surface area contributed by atoms with Crippen LogP contribution < -0.4 is 10.9 Å². The first-order chi connectivity index (χ1) is 14.3. The van der Waals surface area contributed by atoms with Crippen LogP contribution in [0.15, 0.2) is 60.2 Å². The summed E-state index contributed by atoms with van der Waals surface area (Å²) in [5, 5.41) is 4.79. The van der Waals surface area contributed by atoms with Crippen LogP contribution in [0.3, 0.4) is 0 Å². The highest BCUT2D eigenvalue weighted by Gasteiger charge is 2.43. The van der Waals surface area contributed by atoms with Crippen LogP contribution in [0, 0.1) is 6.92 Å². The lowest BCUT2D eigenvalue weighted by Crippen LogP contribution is -2.40. The summed E-state index contributed by atoms with van der Waals surface area (Å²) in [6.45, 7) is 6.66. The molecule has 1 N–H and O–H groups in total. The molecule has 0 radical (unpaired) electrons. The van der Waals surface area contributed by atoms with Gasteiger partial charge in [-0.15, -0.1) is 0 Å². The molecule has 2 aromatic carbocycles. The van der Waals surface area contributed by atoms with E-state index in [-0.39, 0.29) is 11.5 Å². The minimum atomic E-state index is -0.581. The lowest BCUT2D eigenvalue weighted by Gasteiger charge is -2.34. The van der Waals surface area contributed by atoms with Crippen molar-refractivity contribution in [2.45, 2.75) is 18.9 Å². The van der Waals surface area contributed by atoms with Crippen LogP contribution in [0.5, 0.6) is 0 Å². The number of carbonyl (C=O) groups is 1. The van der Waals surface area contributed by atoms with Crippen molar-refractivity contribution in [1.82, 2.24) is 14.5 Å². The number of amides is 1. The number of nitrogens with zero attached hydrogens (tertiary/aromatic N) is 3. The number of benzene rings is 2. The van der Waals surface area contributed by atoms with Gasteiger partial charge in [-0.25, -0.2) is 4.98 Å². The summed E-state index contributed by atoms with van der Waals surface area (Å²) < 4.78 is 1.46. The fourth-order valence-electron chi connectivity index (χ4n) is 4.30. The predicted molar refractivity (Wildman–Crippen MR) is 120 cm³/mol. The Hall–Kier alpha value is -3.12. The van der Waals surface area contributed by atoms with Crippen LogP contribution in [0.4, 0.5) is 5.69 Å². The van der Waals surface area contributed by atoms with Crippen LogP contribution in [0.2, 0.25) is 5.02 Å². The minimum Gasteiger partial charge on any atom is -0.374 e. The van der Waals surface area contributed by atoms with Gasteiger partial charge in [0.2, 0.25) is 5.91 Å². The summed E-state index contributed by atoms with van der Waals surface area (Å²) in [7, 11) is 1.68. The van der Waals surface area contributed by atoms with Crippen LogP contribution in [0.1, 0.15) is 17.5 Å². The Kier molecular flexibility index (Phi) is 5.12. The number of halogens is 1. The van der Waals surface area contributed by atoms with Gasteiger partial charge in [0.05, 0.1) is 22.8 Å². The fourth-order valence-corrected chi connectivity index (χ4v) is 4.70. The first-order valence-corrected chi connectivity index (χ1v) is 10.1. The summed E-state index contributed by atoms with van der Waals surface area (Å²) in [4.78, 5) is 31.0. The van der Waals surface area contributed by atoms with Crippen LogP contribution in [-0.4, -0.2) is 33.4 Å². The monoisotopic (exact) mass is 422 g/mol. The Morgan fingerprint density at radius 3 is 2.87 bits per heavy atom. The van der Waals surface area contributed by atoms with Crippen LogP contribution >= 0.6 is 11.6 Å². The minimum absolute atomic E-state index is 0.110. The molecule has 1 fully saturated rings. The molecule has 1 saturated heterocycles. The van der Waals surface area contributed by atoms with Gasteiger partial charge < -0.3 is 14.8 Å². The lowest BCUT2D eigenvalue weighted by molar-refractivity contribution is -0.125. The van der Waals surface area contributed by atoms with Gasteiger partial charge in [-0.2, -0.15) is 0 Å². The number of fused-ring (bicyclic) bond motifs is 1. The number of rotatable bonds is 4. The molecule has 154 valence electrons. The summed E-state index contributed by atoms with van der Waals surface area (Å²) in [5.74, 6) is -0.111. The topological polar surface area (TPSA) is 67.2 Å². The van der Waals surface area contributed by atoms with E-state index in [1.807, 2.05) is 43.3 Å². The van der Waals surface area contributed by atoms with Crippen LogP contribution in [0.25, 0.3) is 10.9 Å². The number of nitrogens with one attached hydrogen (secondary N) is 1. The molecule has 1 aliphatic heterocycles. The van der Waals surface area contributed by atoms with Crippen molar-refractivity contribution in [3.8, 4) is 0 Å². The van der Waals surface area contributed by atoms with Gasteiger partial charge in [0, 0.05) is 36.4 Å². The Bertz CT molecular complexity index is 1200. The molecule has 6 nitrogen and oxygen atoms in total. The zero-order valence-corrected chi connectivity index (χ0v) is 17.7. The number of aromatic nitrogens is 2. The van der Waals surface area contributed by atoms with Crippen molar-refractivity contribution < 1.29 is 4.79 Å². The summed E-state index contributed by atoms with van der Waals surface area (Å²) >= 11 is 6.64. The highest BCUT2D eigenvalue weighted by molar-refractivity contribution is 6.31. The van der Waals surface area contributed by atoms with Crippen molar-refractivity contribution in [3.05, 3.63) is 81.9 Å². The van der Waals surface area contributed by atoms with Gasteiger partial charge in [0.1, 0.15) is 0 Å². The Balaban J connectivity index is 1.83. The SMILES string of the molecule is C=CC(=O)N1CC[C@](Nc2ccc3ncn(C)c(=O)c3c2)(c2c(C)cccc2Cl)C1. The highest BCUT2D eigenvalue weighted by Crippen LogP contribution is 2.41. The second kappa shape index (κ2) is 7.61. The van der Waals surface area contributed by atoms with E-state index in [1.54, 1.807) is 11.9 Å². The van der Waals surface area contributed by atoms with Crippen molar-refractivity contribution in [3.63, 3.8) is 0 Å². The normalized spacial score (nSPS) is 18.6.